The fourth-order valence-corrected chi connectivity index (χ4v) is 1.87. The van der Waals surface area contributed by atoms with Crippen molar-refractivity contribution in [2.45, 2.75) is 6.42 Å². The summed E-state index contributed by atoms with van der Waals surface area (Å²) < 4.78 is 19.9. The molecule has 0 atom stereocenters. The Morgan fingerprint density at radius 2 is 1.29 bits per heavy atom. The fourth-order valence-electron chi connectivity index (χ4n) is 1.61. The zero-order chi connectivity index (χ0) is 15.7. The zero-order valence-corrected chi connectivity index (χ0v) is 12.5. The lowest BCUT2D eigenvalue weighted by molar-refractivity contribution is 0.0894. The molecule has 0 unspecified atom stereocenters. The first-order valence-corrected chi connectivity index (χ1v) is 6.77. The van der Waals surface area contributed by atoms with Gasteiger partial charge in [-0.1, -0.05) is 58.4 Å². The Morgan fingerprint density at radius 1 is 0.857 bits per heavy atom. The van der Waals surface area contributed by atoms with E-state index in [0.29, 0.717) is 11.1 Å². The highest BCUT2D eigenvalue weighted by molar-refractivity contribution is 9.10. The molecule has 0 aromatic heterocycles. The summed E-state index contributed by atoms with van der Waals surface area (Å²) in [4.78, 5) is 23.8. The quantitative estimate of drug-likeness (QED) is 0.466. The van der Waals surface area contributed by atoms with E-state index in [1.165, 1.54) is 0 Å². The van der Waals surface area contributed by atoms with Crippen LogP contribution in [0.15, 0.2) is 59.1 Å². The number of hydrogen-bond acceptors (Lipinski definition) is 2. The maximum atomic E-state index is 11.9. The highest BCUT2D eigenvalue weighted by Crippen LogP contribution is 2.13. The molecule has 2 nitrogen and oxygen atoms in total. The lowest BCUT2D eigenvalue weighted by atomic mass is 10.0. The highest BCUT2D eigenvalue weighted by atomic mass is 79.9. The van der Waals surface area contributed by atoms with Crippen LogP contribution >= 0.6 is 15.9 Å². The van der Waals surface area contributed by atoms with Crippen molar-refractivity contribution in [1.29, 1.82) is 0 Å². The first kappa shape index (κ1) is 17.2. The maximum Gasteiger partial charge on any atom is 0.577 e. The standard InChI is InChI=1S/C15H11BrO2.BF2/c16-13-8-6-12(7-9-13)15(18)10-14(17)11-4-2-1-3-5-11;2-1-3/h1-9H,10H2;. The van der Waals surface area contributed by atoms with Gasteiger partial charge in [0.25, 0.3) is 0 Å². The van der Waals surface area contributed by atoms with Crippen molar-refractivity contribution in [3.05, 3.63) is 70.2 Å². The van der Waals surface area contributed by atoms with Crippen molar-refractivity contribution in [2.24, 2.45) is 0 Å². The van der Waals surface area contributed by atoms with Gasteiger partial charge < -0.3 is 0 Å². The number of Topliss-reactive ketones (excluding diaryl/α,β-unsaturated/α-hetero) is 2. The summed E-state index contributed by atoms with van der Waals surface area (Å²) >= 11 is 3.30. The Labute approximate surface area is 130 Å². The summed E-state index contributed by atoms with van der Waals surface area (Å²) in [6, 6.07) is 15.9. The smallest absolute Gasteiger partial charge is 0.294 e. The van der Waals surface area contributed by atoms with Crippen LogP contribution < -0.4 is 0 Å². The predicted octanol–water partition coefficient (Wildman–Crippen LogP) is 4.36. The minimum atomic E-state index is -1.00. The molecule has 0 saturated heterocycles. The van der Waals surface area contributed by atoms with Gasteiger partial charge in [0.2, 0.25) is 0 Å². The average Bonchev–Trinajstić information content (AvgIpc) is 2.49. The summed E-state index contributed by atoms with van der Waals surface area (Å²) in [7, 11) is -1.00. The lowest BCUT2D eigenvalue weighted by Gasteiger charge is -2.01. The molecule has 0 heterocycles. The minimum absolute atomic E-state index is 0.0916. The Hall–Kier alpha value is -1.82. The second-order valence-electron chi connectivity index (χ2n) is 3.98. The second kappa shape index (κ2) is 9.18. The third kappa shape index (κ3) is 6.00. The van der Waals surface area contributed by atoms with Crippen LogP contribution in [-0.2, 0) is 0 Å². The second-order valence-corrected chi connectivity index (χ2v) is 4.89. The van der Waals surface area contributed by atoms with Crippen LogP contribution in [-0.4, -0.2) is 19.4 Å². The predicted molar refractivity (Wildman–Crippen MR) is 81.8 cm³/mol. The van der Waals surface area contributed by atoms with Gasteiger partial charge in [-0.15, -0.1) is 0 Å². The molecule has 6 heteroatoms. The van der Waals surface area contributed by atoms with Gasteiger partial charge in [-0.2, -0.15) is 0 Å². The van der Waals surface area contributed by atoms with Crippen molar-refractivity contribution in [2.75, 3.05) is 0 Å². The molecule has 0 aliphatic heterocycles. The van der Waals surface area contributed by atoms with Gasteiger partial charge in [0.15, 0.2) is 11.6 Å². The van der Waals surface area contributed by atoms with Gasteiger partial charge in [0.05, 0.1) is 6.42 Å². The van der Waals surface area contributed by atoms with Gasteiger partial charge in [0.1, 0.15) is 0 Å². The SMILES string of the molecule is F[B]F.O=C(CC(=O)c1ccc(Br)cc1)c1ccccc1. The number of rotatable bonds is 4. The van der Waals surface area contributed by atoms with E-state index in [-0.39, 0.29) is 18.0 Å². The van der Waals surface area contributed by atoms with Crippen molar-refractivity contribution < 1.29 is 18.2 Å². The first-order chi connectivity index (χ1) is 10.1. The largest absolute Gasteiger partial charge is 0.577 e. The molecule has 2 aromatic carbocycles. The van der Waals surface area contributed by atoms with E-state index in [0.717, 1.165) is 4.47 Å². The number of carbonyl (C=O) groups is 2. The van der Waals surface area contributed by atoms with E-state index in [9.17, 15) is 18.2 Å². The topological polar surface area (TPSA) is 34.1 Å². The molecule has 0 bridgehead atoms. The lowest BCUT2D eigenvalue weighted by Crippen LogP contribution is -2.08. The molecule has 0 fully saturated rings. The molecule has 0 spiro atoms. The molecule has 2 rings (SSSR count). The fraction of sp³-hybridized carbons (Fsp3) is 0.0667. The van der Waals surface area contributed by atoms with E-state index < -0.39 is 7.83 Å². The third-order valence-corrected chi connectivity index (χ3v) is 3.11. The van der Waals surface area contributed by atoms with Crippen molar-refractivity contribution in [1.82, 2.24) is 0 Å². The Kier molecular flexibility index (Phi) is 7.54. The summed E-state index contributed by atoms with van der Waals surface area (Å²) in [5, 5.41) is 0. The van der Waals surface area contributed by atoms with E-state index in [1.54, 1.807) is 48.5 Å². The molecule has 2 aromatic rings. The number of halogens is 3. The molecule has 0 aliphatic rings. The van der Waals surface area contributed by atoms with E-state index >= 15 is 0 Å². The number of benzene rings is 2. The third-order valence-electron chi connectivity index (χ3n) is 2.58. The van der Waals surface area contributed by atoms with Gasteiger partial charge in [-0.25, -0.2) is 0 Å². The molecule has 0 saturated carbocycles. The molecule has 0 aliphatic carbocycles. The van der Waals surface area contributed by atoms with Crippen LogP contribution in [0.25, 0.3) is 0 Å². The molecule has 1 radical (unpaired) electrons. The van der Waals surface area contributed by atoms with Crippen molar-refractivity contribution in [3.63, 3.8) is 0 Å². The van der Waals surface area contributed by atoms with E-state index in [2.05, 4.69) is 15.9 Å². The molecule has 21 heavy (non-hydrogen) atoms. The normalized spacial score (nSPS) is 9.29. The molecular formula is C15H11BBrF2O2. The van der Waals surface area contributed by atoms with Crippen molar-refractivity contribution >= 4 is 35.3 Å². The molecule has 0 N–H and O–H groups in total. The monoisotopic (exact) mass is 351 g/mol. The van der Waals surface area contributed by atoms with E-state index in [4.69, 9.17) is 0 Å². The van der Waals surface area contributed by atoms with Crippen LogP contribution in [0.5, 0.6) is 0 Å². The Morgan fingerprint density at radius 3 is 1.76 bits per heavy atom. The summed E-state index contributed by atoms with van der Waals surface area (Å²) in [6.07, 6.45) is -0.0916. The van der Waals surface area contributed by atoms with Gasteiger partial charge >= 0.3 is 7.83 Å². The Balaban J connectivity index is 0.000000677. The molecular weight excluding hydrogens is 341 g/mol. The summed E-state index contributed by atoms with van der Waals surface area (Å²) in [6.45, 7) is 0. The number of carbonyl (C=O) groups excluding carboxylic acids is 2. The van der Waals surface area contributed by atoms with Gasteiger partial charge in [-0.3, -0.25) is 18.2 Å². The van der Waals surface area contributed by atoms with Gasteiger partial charge in [0, 0.05) is 15.6 Å². The highest BCUT2D eigenvalue weighted by Gasteiger charge is 2.13. The first-order valence-electron chi connectivity index (χ1n) is 5.97. The van der Waals surface area contributed by atoms with Gasteiger partial charge in [-0.05, 0) is 12.1 Å². The van der Waals surface area contributed by atoms with Crippen LogP contribution in [0.3, 0.4) is 0 Å². The van der Waals surface area contributed by atoms with Crippen LogP contribution in [0.4, 0.5) is 8.63 Å². The van der Waals surface area contributed by atoms with E-state index in [1.807, 2.05) is 6.07 Å². The summed E-state index contributed by atoms with van der Waals surface area (Å²) in [5.74, 6) is -0.306. The van der Waals surface area contributed by atoms with Crippen LogP contribution in [0.1, 0.15) is 27.1 Å². The van der Waals surface area contributed by atoms with Crippen LogP contribution in [0, 0.1) is 0 Å². The average molecular weight is 352 g/mol. The number of ketones is 2. The van der Waals surface area contributed by atoms with Crippen molar-refractivity contribution in [3.8, 4) is 0 Å². The minimum Gasteiger partial charge on any atom is -0.294 e. The summed E-state index contributed by atoms with van der Waals surface area (Å²) in [5.41, 5.74) is 1.13. The molecule has 107 valence electrons. The maximum absolute atomic E-state index is 11.9. The number of hydrogen-bond donors (Lipinski definition) is 0. The van der Waals surface area contributed by atoms with Crippen LogP contribution in [0.2, 0.25) is 0 Å². The molecule has 0 amide bonds. The Bertz CT molecular complexity index is 588. The zero-order valence-electron chi connectivity index (χ0n) is 10.9.